The average molecular weight is 399 g/mol. The van der Waals surface area contributed by atoms with Gasteiger partial charge in [-0.25, -0.2) is 4.99 Å². The third-order valence-corrected chi connectivity index (χ3v) is 5.04. The molecule has 1 aliphatic rings. The van der Waals surface area contributed by atoms with Crippen molar-refractivity contribution in [3.63, 3.8) is 0 Å². The van der Waals surface area contributed by atoms with E-state index in [1.54, 1.807) is 31.4 Å². The normalized spacial score (nSPS) is 16.8. The summed E-state index contributed by atoms with van der Waals surface area (Å²) in [7, 11) is 1.58. The molecular weight excluding hydrogens is 382 g/mol. The fourth-order valence-electron chi connectivity index (χ4n) is 2.59. The van der Waals surface area contributed by atoms with Gasteiger partial charge in [0.25, 0.3) is 5.91 Å². The lowest BCUT2D eigenvalue weighted by Crippen LogP contribution is -2.28. The van der Waals surface area contributed by atoms with Gasteiger partial charge in [0, 0.05) is 18.2 Å². The van der Waals surface area contributed by atoms with E-state index in [9.17, 15) is 20.0 Å². The van der Waals surface area contributed by atoms with Gasteiger partial charge in [-0.15, -0.1) is 0 Å². The Hall–Kier alpha value is -3.33. The number of methoxy groups -OCH3 is 1. The number of ether oxygens (including phenoxy) is 1. The maximum Gasteiger partial charge on any atom is 0.311 e. The number of carbonyl (C=O) groups excluding carboxylic acids is 1. The summed E-state index contributed by atoms with van der Waals surface area (Å²) in [5.74, 6) is -0.0455. The van der Waals surface area contributed by atoms with Crippen LogP contribution in [0.25, 0.3) is 6.08 Å². The third kappa shape index (κ3) is 3.84. The van der Waals surface area contributed by atoms with E-state index >= 15 is 0 Å². The van der Waals surface area contributed by atoms with Gasteiger partial charge in [-0.05, 0) is 49.0 Å². The minimum atomic E-state index is -0.671. The minimum Gasteiger partial charge on any atom is -0.502 e. The number of aliphatic imine (C=N–C) groups is 1. The SMILES string of the molecule is CCN1C(=O)/C(=C\c2cccc([N+](=O)[O-])c2O)SC1=Nc1ccc(OC)cc1. The van der Waals surface area contributed by atoms with Crippen LogP contribution >= 0.6 is 11.8 Å². The summed E-state index contributed by atoms with van der Waals surface area (Å²) < 4.78 is 5.12. The Kier molecular flexibility index (Phi) is 5.65. The Morgan fingerprint density at radius 2 is 2.00 bits per heavy atom. The molecule has 1 fully saturated rings. The molecule has 1 saturated heterocycles. The molecule has 0 bridgehead atoms. The molecule has 1 aliphatic heterocycles. The Bertz CT molecular complexity index is 986. The molecule has 0 unspecified atom stereocenters. The molecule has 0 atom stereocenters. The number of amides is 1. The predicted octanol–water partition coefficient (Wildman–Crippen LogP) is 3.93. The van der Waals surface area contributed by atoms with Crippen LogP contribution in [0.1, 0.15) is 12.5 Å². The molecule has 0 radical (unpaired) electrons. The summed E-state index contributed by atoms with van der Waals surface area (Å²) in [6, 6.07) is 11.3. The summed E-state index contributed by atoms with van der Waals surface area (Å²) >= 11 is 1.15. The van der Waals surface area contributed by atoms with Crippen LogP contribution in [-0.2, 0) is 4.79 Å². The van der Waals surface area contributed by atoms with E-state index in [-0.39, 0.29) is 11.5 Å². The number of thioether (sulfide) groups is 1. The van der Waals surface area contributed by atoms with Crippen LogP contribution in [0.3, 0.4) is 0 Å². The maximum atomic E-state index is 12.7. The molecule has 8 nitrogen and oxygen atoms in total. The first-order valence-electron chi connectivity index (χ1n) is 8.35. The zero-order valence-corrected chi connectivity index (χ0v) is 16.0. The number of carbonyl (C=O) groups is 1. The van der Waals surface area contributed by atoms with E-state index in [4.69, 9.17) is 4.74 Å². The number of aromatic hydroxyl groups is 1. The zero-order valence-electron chi connectivity index (χ0n) is 15.2. The third-order valence-electron chi connectivity index (χ3n) is 4.03. The van der Waals surface area contributed by atoms with Gasteiger partial charge in [0.1, 0.15) is 5.75 Å². The first-order chi connectivity index (χ1) is 13.4. The molecular formula is C19H17N3O5S. The van der Waals surface area contributed by atoms with Crippen molar-refractivity contribution in [2.75, 3.05) is 13.7 Å². The maximum absolute atomic E-state index is 12.7. The molecule has 1 heterocycles. The Labute approximate surface area is 165 Å². The summed E-state index contributed by atoms with van der Waals surface area (Å²) in [6.07, 6.45) is 1.44. The van der Waals surface area contributed by atoms with Gasteiger partial charge in [0.05, 0.1) is 22.6 Å². The predicted molar refractivity (Wildman–Crippen MR) is 108 cm³/mol. The number of hydrogen-bond donors (Lipinski definition) is 1. The fourth-order valence-corrected chi connectivity index (χ4v) is 3.64. The van der Waals surface area contributed by atoms with Crippen LogP contribution in [0, 0.1) is 10.1 Å². The van der Waals surface area contributed by atoms with Gasteiger partial charge in [0.15, 0.2) is 5.17 Å². The molecule has 2 aromatic rings. The smallest absolute Gasteiger partial charge is 0.311 e. The first kappa shape index (κ1) is 19.4. The highest BCUT2D eigenvalue weighted by Crippen LogP contribution is 2.37. The van der Waals surface area contributed by atoms with Gasteiger partial charge >= 0.3 is 5.69 Å². The van der Waals surface area contributed by atoms with Crippen LogP contribution in [0.5, 0.6) is 11.5 Å². The number of amidine groups is 1. The van der Waals surface area contributed by atoms with Crippen LogP contribution in [-0.4, -0.2) is 39.7 Å². The van der Waals surface area contributed by atoms with E-state index in [0.717, 1.165) is 11.8 Å². The number of benzene rings is 2. The van der Waals surface area contributed by atoms with Crippen molar-refractivity contribution in [2.45, 2.75) is 6.92 Å². The number of phenolic OH excluding ortho intramolecular Hbond substituents is 1. The van der Waals surface area contributed by atoms with Gasteiger partial charge in [-0.3, -0.25) is 19.8 Å². The minimum absolute atomic E-state index is 0.201. The number of hydrogen-bond acceptors (Lipinski definition) is 7. The second kappa shape index (κ2) is 8.13. The molecule has 0 saturated carbocycles. The molecule has 1 N–H and O–H groups in total. The average Bonchev–Trinajstić information content (AvgIpc) is 2.98. The lowest BCUT2D eigenvalue weighted by Gasteiger charge is -2.12. The van der Waals surface area contributed by atoms with E-state index in [1.807, 2.05) is 6.92 Å². The number of nitro benzene ring substituents is 1. The van der Waals surface area contributed by atoms with Crippen molar-refractivity contribution in [2.24, 2.45) is 4.99 Å². The van der Waals surface area contributed by atoms with Gasteiger partial charge in [0.2, 0.25) is 5.75 Å². The number of nitro groups is 1. The summed E-state index contributed by atoms with van der Waals surface area (Å²) in [4.78, 5) is 29.4. The van der Waals surface area contributed by atoms with E-state index in [0.29, 0.717) is 28.1 Å². The Balaban J connectivity index is 1.95. The number of phenols is 1. The van der Waals surface area contributed by atoms with Gasteiger partial charge in [-0.1, -0.05) is 12.1 Å². The van der Waals surface area contributed by atoms with E-state index in [2.05, 4.69) is 4.99 Å². The molecule has 9 heteroatoms. The van der Waals surface area contributed by atoms with Crippen LogP contribution in [0.15, 0.2) is 52.4 Å². The molecule has 3 rings (SSSR count). The van der Waals surface area contributed by atoms with Gasteiger partial charge in [-0.2, -0.15) is 0 Å². The largest absolute Gasteiger partial charge is 0.502 e. The first-order valence-corrected chi connectivity index (χ1v) is 9.16. The second-order valence-electron chi connectivity index (χ2n) is 5.72. The summed E-state index contributed by atoms with van der Waals surface area (Å²) in [5, 5.41) is 21.6. The number of para-hydroxylation sites is 1. The summed E-state index contributed by atoms with van der Waals surface area (Å²) in [6.45, 7) is 2.24. The van der Waals surface area contributed by atoms with Crippen molar-refractivity contribution in [1.29, 1.82) is 0 Å². The molecule has 28 heavy (non-hydrogen) atoms. The molecule has 144 valence electrons. The highest BCUT2D eigenvalue weighted by molar-refractivity contribution is 8.18. The van der Waals surface area contributed by atoms with E-state index < -0.39 is 16.4 Å². The number of likely N-dealkylation sites (N-methyl/N-ethyl adjacent to an activating group) is 1. The molecule has 0 aliphatic carbocycles. The number of rotatable bonds is 5. The summed E-state index contributed by atoms with van der Waals surface area (Å²) in [5.41, 5.74) is 0.449. The highest BCUT2D eigenvalue weighted by atomic mass is 32.2. The second-order valence-corrected chi connectivity index (χ2v) is 6.73. The van der Waals surface area contributed by atoms with Crippen LogP contribution in [0.2, 0.25) is 0 Å². The highest BCUT2D eigenvalue weighted by Gasteiger charge is 2.32. The quantitative estimate of drug-likeness (QED) is 0.464. The van der Waals surface area contributed by atoms with Crippen molar-refractivity contribution in [1.82, 2.24) is 4.90 Å². The lowest BCUT2D eigenvalue weighted by atomic mass is 10.1. The zero-order chi connectivity index (χ0) is 20.3. The lowest BCUT2D eigenvalue weighted by molar-refractivity contribution is -0.385. The van der Waals surface area contributed by atoms with Gasteiger partial charge < -0.3 is 9.84 Å². The topological polar surface area (TPSA) is 105 Å². The van der Waals surface area contributed by atoms with Crippen molar-refractivity contribution >= 4 is 40.3 Å². The van der Waals surface area contributed by atoms with Crippen molar-refractivity contribution in [3.8, 4) is 11.5 Å². The molecule has 0 spiro atoms. The molecule has 0 aromatic heterocycles. The van der Waals surface area contributed by atoms with E-state index in [1.165, 1.54) is 29.2 Å². The standard InChI is InChI=1S/C19H17N3O5S/c1-3-21-18(24)16(11-12-5-4-6-15(17(12)23)22(25)26)28-19(21)20-13-7-9-14(27-2)10-8-13/h4-11,23H,3H2,1-2H3/b16-11+,20-19?. The molecule has 1 amide bonds. The van der Waals surface area contributed by atoms with Crippen LogP contribution < -0.4 is 4.74 Å². The number of nitrogens with zero attached hydrogens (tertiary/aromatic N) is 3. The monoisotopic (exact) mass is 399 g/mol. The van der Waals surface area contributed by atoms with Crippen molar-refractivity contribution in [3.05, 3.63) is 63.0 Å². The molecule has 2 aromatic carbocycles. The van der Waals surface area contributed by atoms with Crippen LogP contribution in [0.4, 0.5) is 11.4 Å². The Morgan fingerprint density at radius 1 is 1.29 bits per heavy atom. The van der Waals surface area contributed by atoms with Crippen molar-refractivity contribution < 1.29 is 19.6 Å². The fraction of sp³-hybridized carbons (Fsp3) is 0.158. The Morgan fingerprint density at radius 3 is 2.61 bits per heavy atom.